The second kappa shape index (κ2) is 5.00. The summed E-state index contributed by atoms with van der Waals surface area (Å²) in [5.74, 6) is 0.484. The van der Waals surface area contributed by atoms with Gasteiger partial charge in [-0.15, -0.1) is 0 Å². The van der Waals surface area contributed by atoms with Gasteiger partial charge in [-0.2, -0.15) is 0 Å². The molecule has 0 spiro atoms. The summed E-state index contributed by atoms with van der Waals surface area (Å²) in [4.78, 5) is 11.7. The number of amides is 1. The maximum absolute atomic E-state index is 11.7. The van der Waals surface area contributed by atoms with Crippen molar-refractivity contribution in [2.45, 2.75) is 32.7 Å². The van der Waals surface area contributed by atoms with Gasteiger partial charge in [-0.25, -0.2) is 0 Å². The van der Waals surface area contributed by atoms with Gasteiger partial charge >= 0.3 is 0 Å². The molecule has 0 saturated heterocycles. The first-order valence-corrected chi connectivity index (χ1v) is 6.49. The molecule has 0 radical (unpaired) electrons. The molecule has 2 nitrogen and oxygen atoms in total. The van der Waals surface area contributed by atoms with Gasteiger partial charge in [0.25, 0.3) is 0 Å². The molecule has 86 valence electrons. The first-order valence-electron chi connectivity index (χ1n) is 5.69. The molecule has 1 fully saturated rings. The molecule has 0 atom stereocenters. The topological polar surface area (TPSA) is 29.1 Å². The van der Waals surface area contributed by atoms with Crippen LogP contribution in [0.25, 0.3) is 0 Å². The molecule has 2 rings (SSSR count). The lowest BCUT2D eigenvalue weighted by Crippen LogP contribution is -2.34. The fourth-order valence-electron chi connectivity index (χ4n) is 1.83. The summed E-state index contributed by atoms with van der Waals surface area (Å²) in [5, 5.41) is 3.01. The summed E-state index contributed by atoms with van der Waals surface area (Å²) in [6.07, 6.45) is 3.32. The second-order valence-electron chi connectivity index (χ2n) is 4.42. The van der Waals surface area contributed by atoms with E-state index in [0.29, 0.717) is 6.54 Å². The van der Waals surface area contributed by atoms with Crippen molar-refractivity contribution in [1.82, 2.24) is 5.32 Å². The molecule has 1 aromatic carbocycles. The average molecular weight is 282 g/mol. The first kappa shape index (κ1) is 11.6. The molecule has 16 heavy (non-hydrogen) atoms. The van der Waals surface area contributed by atoms with E-state index in [1.807, 2.05) is 6.07 Å². The number of rotatable bonds is 3. The van der Waals surface area contributed by atoms with E-state index in [0.717, 1.165) is 17.3 Å². The van der Waals surface area contributed by atoms with Gasteiger partial charge in [0, 0.05) is 16.9 Å². The van der Waals surface area contributed by atoms with Crippen LogP contribution >= 0.6 is 15.9 Å². The summed E-state index contributed by atoms with van der Waals surface area (Å²) in [6, 6.07) is 6.15. The van der Waals surface area contributed by atoms with Gasteiger partial charge in [-0.1, -0.05) is 28.4 Å². The van der Waals surface area contributed by atoms with Gasteiger partial charge in [-0.05, 0) is 43.0 Å². The molecular formula is C13H16BrNO. The van der Waals surface area contributed by atoms with E-state index < -0.39 is 0 Å². The Bertz CT molecular complexity index is 399. The summed E-state index contributed by atoms with van der Waals surface area (Å²) in [6.45, 7) is 2.71. The highest BCUT2D eigenvalue weighted by atomic mass is 79.9. The third-order valence-electron chi connectivity index (χ3n) is 3.24. The van der Waals surface area contributed by atoms with E-state index in [1.54, 1.807) is 0 Å². The van der Waals surface area contributed by atoms with Crippen molar-refractivity contribution in [3.8, 4) is 0 Å². The number of hydrogen-bond acceptors (Lipinski definition) is 1. The van der Waals surface area contributed by atoms with E-state index in [-0.39, 0.29) is 11.8 Å². The Labute approximate surface area is 105 Å². The minimum absolute atomic E-state index is 0.214. The summed E-state index contributed by atoms with van der Waals surface area (Å²) < 4.78 is 1.06. The molecule has 0 aliphatic heterocycles. The van der Waals surface area contributed by atoms with Crippen molar-refractivity contribution in [3.63, 3.8) is 0 Å². The fraction of sp³-hybridized carbons (Fsp3) is 0.462. The maximum Gasteiger partial charge on any atom is 0.223 e. The number of benzene rings is 1. The Morgan fingerprint density at radius 2 is 2.25 bits per heavy atom. The third kappa shape index (κ3) is 2.64. The van der Waals surface area contributed by atoms with Gasteiger partial charge in [-0.3, -0.25) is 4.79 Å². The largest absolute Gasteiger partial charge is 0.352 e. The highest BCUT2D eigenvalue weighted by Crippen LogP contribution is 2.26. The zero-order valence-corrected chi connectivity index (χ0v) is 11.0. The molecule has 1 N–H and O–H groups in total. The van der Waals surface area contributed by atoms with Crippen LogP contribution in [0.4, 0.5) is 0 Å². The second-order valence-corrected chi connectivity index (χ2v) is 5.33. The molecule has 1 aliphatic rings. The molecule has 0 bridgehead atoms. The molecular weight excluding hydrogens is 266 g/mol. The zero-order valence-electron chi connectivity index (χ0n) is 9.42. The SMILES string of the molecule is Cc1ccc(Br)cc1CNC(=O)C1CCC1. The zero-order chi connectivity index (χ0) is 11.5. The van der Waals surface area contributed by atoms with Crippen LogP contribution in [-0.2, 0) is 11.3 Å². The van der Waals surface area contributed by atoms with E-state index in [9.17, 15) is 4.79 Å². The minimum atomic E-state index is 0.214. The Hall–Kier alpha value is -0.830. The van der Waals surface area contributed by atoms with Crippen LogP contribution in [0.5, 0.6) is 0 Å². The van der Waals surface area contributed by atoms with Crippen molar-refractivity contribution in [2.75, 3.05) is 0 Å². The molecule has 1 amide bonds. The summed E-state index contributed by atoms with van der Waals surface area (Å²) >= 11 is 3.44. The summed E-state index contributed by atoms with van der Waals surface area (Å²) in [7, 11) is 0. The first-order chi connectivity index (χ1) is 7.66. The third-order valence-corrected chi connectivity index (χ3v) is 3.73. The van der Waals surface area contributed by atoms with Crippen LogP contribution in [0, 0.1) is 12.8 Å². The Morgan fingerprint density at radius 3 is 2.88 bits per heavy atom. The van der Waals surface area contributed by atoms with Crippen LogP contribution in [0.1, 0.15) is 30.4 Å². The van der Waals surface area contributed by atoms with E-state index in [1.165, 1.54) is 17.5 Å². The quantitative estimate of drug-likeness (QED) is 0.906. The number of hydrogen-bond donors (Lipinski definition) is 1. The highest BCUT2D eigenvalue weighted by molar-refractivity contribution is 9.10. The predicted molar refractivity (Wildman–Crippen MR) is 68.1 cm³/mol. The Morgan fingerprint density at radius 1 is 1.50 bits per heavy atom. The Balaban J connectivity index is 1.93. The lowest BCUT2D eigenvalue weighted by Gasteiger charge is -2.24. The lowest BCUT2D eigenvalue weighted by molar-refractivity contribution is -0.127. The monoisotopic (exact) mass is 281 g/mol. The Kier molecular flexibility index (Phi) is 3.64. The van der Waals surface area contributed by atoms with Gasteiger partial charge in [0.05, 0.1) is 0 Å². The molecule has 1 aromatic rings. The number of aryl methyl sites for hydroxylation is 1. The number of nitrogens with one attached hydrogen (secondary N) is 1. The van der Waals surface area contributed by atoms with Crippen LogP contribution in [-0.4, -0.2) is 5.91 Å². The van der Waals surface area contributed by atoms with Crippen molar-refractivity contribution in [2.24, 2.45) is 5.92 Å². The summed E-state index contributed by atoms with van der Waals surface area (Å²) in [5.41, 5.74) is 2.40. The lowest BCUT2D eigenvalue weighted by atomic mass is 9.85. The van der Waals surface area contributed by atoms with Gasteiger partial charge < -0.3 is 5.32 Å². The number of halogens is 1. The molecule has 1 saturated carbocycles. The number of carbonyl (C=O) groups is 1. The van der Waals surface area contributed by atoms with Gasteiger partial charge in [0.2, 0.25) is 5.91 Å². The molecule has 3 heteroatoms. The van der Waals surface area contributed by atoms with Crippen molar-refractivity contribution in [3.05, 3.63) is 33.8 Å². The van der Waals surface area contributed by atoms with Crippen molar-refractivity contribution >= 4 is 21.8 Å². The van der Waals surface area contributed by atoms with Crippen LogP contribution in [0.3, 0.4) is 0 Å². The predicted octanol–water partition coefficient (Wildman–Crippen LogP) is 3.17. The fourth-order valence-corrected chi connectivity index (χ4v) is 2.24. The molecule has 0 unspecified atom stereocenters. The van der Waals surface area contributed by atoms with Crippen LogP contribution in [0.2, 0.25) is 0 Å². The van der Waals surface area contributed by atoms with Crippen molar-refractivity contribution in [1.29, 1.82) is 0 Å². The van der Waals surface area contributed by atoms with Crippen LogP contribution in [0.15, 0.2) is 22.7 Å². The van der Waals surface area contributed by atoms with Gasteiger partial charge in [0.1, 0.15) is 0 Å². The molecule has 0 heterocycles. The van der Waals surface area contributed by atoms with E-state index in [4.69, 9.17) is 0 Å². The average Bonchev–Trinajstić information content (AvgIpc) is 2.17. The maximum atomic E-state index is 11.7. The standard InChI is InChI=1S/C13H16BrNO/c1-9-5-6-12(14)7-11(9)8-15-13(16)10-3-2-4-10/h5-7,10H,2-4,8H2,1H3,(H,15,16). The normalized spacial score (nSPS) is 15.6. The molecule has 1 aliphatic carbocycles. The van der Waals surface area contributed by atoms with Crippen LogP contribution < -0.4 is 5.32 Å². The highest BCUT2D eigenvalue weighted by Gasteiger charge is 2.24. The molecule has 0 aromatic heterocycles. The minimum Gasteiger partial charge on any atom is -0.352 e. The smallest absolute Gasteiger partial charge is 0.223 e. The van der Waals surface area contributed by atoms with Crippen molar-refractivity contribution < 1.29 is 4.79 Å². The van der Waals surface area contributed by atoms with E-state index >= 15 is 0 Å². The van der Waals surface area contributed by atoms with E-state index in [2.05, 4.69) is 40.3 Å². The van der Waals surface area contributed by atoms with Gasteiger partial charge in [0.15, 0.2) is 0 Å². The number of carbonyl (C=O) groups excluding carboxylic acids is 1.